The van der Waals surface area contributed by atoms with Crippen molar-refractivity contribution in [3.8, 4) is 6.07 Å². The number of carbonyl (C=O) groups excluding carboxylic acids is 1. The number of rotatable bonds is 5. The summed E-state index contributed by atoms with van der Waals surface area (Å²) in [6, 6.07) is 6.38. The van der Waals surface area contributed by atoms with Gasteiger partial charge in [-0.05, 0) is 18.2 Å². The topological polar surface area (TPSA) is 103 Å². The summed E-state index contributed by atoms with van der Waals surface area (Å²) in [6.07, 6.45) is -0.253. The Morgan fingerprint density at radius 3 is 2.86 bits per heavy atom. The van der Waals surface area contributed by atoms with Crippen LogP contribution in [0.1, 0.15) is 13.3 Å². The SMILES string of the molecule is CCN(C)S(=O)(=O)c1ccc2nc(NC(=O)CC#N)sc2c1. The van der Waals surface area contributed by atoms with Gasteiger partial charge < -0.3 is 5.32 Å². The van der Waals surface area contributed by atoms with Crippen LogP contribution in [0.15, 0.2) is 23.1 Å². The van der Waals surface area contributed by atoms with E-state index in [1.807, 2.05) is 0 Å². The van der Waals surface area contributed by atoms with E-state index < -0.39 is 15.9 Å². The molecule has 22 heavy (non-hydrogen) atoms. The summed E-state index contributed by atoms with van der Waals surface area (Å²) in [5.74, 6) is -0.444. The lowest BCUT2D eigenvalue weighted by Gasteiger charge is -2.14. The summed E-state index contributed by atoms with van der Waals surface area (Å²) < 4.78 is 26.5. The van der Waals surface area contributed by atoms with Crippen LogP contribution in [0.5, 0.6) is 0 Å². The molecule has 1 aromatic carbocycles. The Morgan fingerprint density at radius 2 is 2.23 bits per heavy atom. The second-order valence-electron chi connectivity index (χ2n) is 4.45. The van der Waals surface area contributed by atoms with Gasteiger partial charge in [-0.25, -0.2) is 17.7 Å². The lowest BCUT2D eigenvalue weighted by Crippen LogP contribution is -2.26. The fourth-order valence-electron chi connectivity index (χ4n) is 1.70. The summed E-state index contributed by atoms with van der Waals surface area (Å²) in [7, 11) is -2.01. The molecule has 0 atom stereocenters. The molecule has 0 saturated heterocycles. The van der Waals surface area contributed by atoms with E-state index in [1.165, 1.54) is 34.8 Å². The van der Waals surface area contributed by atoms with E-state index in [0.29, 0.717) is 21.9 Å². The smallest absolute Gasteiger partial charge is 0.242 e. The first-order chi connectivity index (χ1) is 10.4. The molecule has 0 bridgehead atoms. The Hall–Kier alpha value is -2.02. The molecule has 0 aliphatic heterocycles. The first kappa shape index (κ1) is 16.4. The van der Waals surface area contributed by atoms with Crippen LogP contribution in [-0.4, -0.2) is 37.2 Å². The Morgan fingerprint density at radius 1 is 1.50 bits per heavy atom. The highest BCUT2D eigenvalue weighted by molar-refractivity contribution is 7.89. The molecule has 0 unspecified atom stereocenters. The predicted molar refractivity (Wildman–Crippen MR) is 84.0 cm³/mol. The molecule has 2 aromatic rings. The average molecular weight is 338 g/mol. The molecular formula is C13H14N4O3S2. The molecule has 1 amide bonds. The van der Waals surface area contributed by atoms with Gasteiger partial charge in [-0.3, -0.25) is 4.79 Å². The average Bonchev–Trinajstić information content (AvgIpc) is 2.87. The maximum Gasteiger partial charge on any atom is 0.242 e. The highest BCUT2D eigenvalue weighted by Crippen LogP contribution is 2.29. The van der Waals surface area contributed by atoms with Crippen LogP contribution in [0.2, 0.25) is 0 Å². The second-order valence-corrected chi connectivity index (χ2v) is 7.53. The molecule has 116 valence electrons. The van der Waals surface area contributed by atoms with Crippen molar-refractivity contribution < 1.29 is 13.2 Å². The van der Waals surface area contributed by atoms with Crippen molar-refractivity contribution in [2.24, 2.45) is 0 Å². The third kappa shape index (κ3) is 3.24. The van der Waals surface area contributed by atoms with E-state index in [9.17, 15) is 13.2 Å². The molecule has 1 N–H and O–H groups in total. The number of sulfonamides is 1. The van der Waals surface area contributed by atoms with Crippen molar-refractivity contribution in [2.45, 2.75) is 18.2 Å². The third-order valence-corrected chi connectivity index (χ3v) is 5.86. The molecular weight excluding hydrogens is 324 g/mol. The molecule has 0 spiro atoms. The normalized spacial score (nSPS) is 11.5. The fourth-order valence-corrected chi connectivity index (χ4v) is 3.91. The summed E-state index contributed by atoms with van der Waals surface area (Å²) in [5.41, 5.74) is 0.593. The second kappa shape index (κ2) is 6.39. The first-order valence-electron chi connectivity index (χ1n) is 6.42. The van der Waals surface area contributed by atoms with Crippen LogP contribution in [0, 0.1) is 11.3 Å². The van der Waals surface area contributed by atoms with Crippen LogP contribution in [0.3, 0.4) is 0 Å². The molecule has 2 rings (SSSR count). The van der Waals surface area contributed by atoms with Gasteiger partial charge in [0.05, 0.1) is 21.2 Å². The van der Waals surface area contributed by atoms with Crippen LogP contribution < -0.4 is 5.32 Å². The number of benzene rings is 1. The molecule has 7 nitrogen and oxygen atoms in total. The van der Waals surface area contributed by atoms with Crippen molar-refractivity contribution in [1.82, 2.24) is 9.29 Å². The number of hydrogen-bond acceptors (Lipinski definition) is 6. The standard InChI is InChI=1S/C13H14N4O3S2/c1-3-17(2)22(19,20)9-4-5-10-11(8-9)21-13(15-10)16-12(18)6-7-14/h4-5,8H,3,6H2,1-2H3,(H,15,16,18). The minimum Gasteiger partial charge on any atom is -0.301 e. The number of fused-ring (bicyclic) bond motifs is 1. The summed E-state index contributed by atoms with van der Waals surface area (Å²) in [5, 5.41) is 11.3. The van der Waals surface area contributed by atoms with Crippen molar-refractivity contribution in [3.05, 3.63) is 18.2 Å². The Kier molecular flexibility index (Phi) is 4.75. The minimum absolute atomic E-state index is 0.183. The molecule has 0 aliphatic carbocycles. The number of carbonyl (C=O) groups is 1. The zero-order valence-electron chi connectivity index (χ0n) is 12.0. The lowest BCUT2D eigenvalue weighted by atomic mass is 10.3. The molecule has 0 fully saturated rings. The van der Waals surface area contributed by atoms with Crippen molar-refractivity contribution >= 4 is 42.6 Å². The summed E-state index contributed by atoms with van der Waals surface area (Å²) >= 11 is 1.17. The zero-order valence-corrected chi connectivity index (χ0v) is 13.7. The molecule has 1 aromatic heterocycles. The van der Waals surface area contributed by atoms with E-state index in [4.69, 9.17) is 5.26 Å². The Labute approximate surface area is 132 Å². The van der Waals surface area contributed by atoms with Gasteiger partial charge in [0.2, 0.25) is 15.9 Å². The van der Waals surface area contributed by atoms with Gasteiger partial charge in [-0.1, -0.05) is 18.3 Å². The zero-order chi connectivity index (χ0) is 16.3. The van der Waals surface area contributed by atoms with E-state index in [0.717, 1.165) is 0 Å². The number of nitrogens with one attached hydrogen (secondary N) is 1. The van der Waals surface area contributed by atoms with E-state index in [2.05, 4.69) is 10.3 Å². The quantitative estimate of drug-likeness (QED) is 0.895. The Balaban J connectivity index is 2.36. The number of thiazole rings is 1. The Bertz CT molecular complexity index is 852. The fraction of sp³-hybridized carbons (Fsp3) is 0.308. The van der Waals surface area contributed by atoms with Gasteiger partial charge >= 0.3 is 0 Å². The third-order valence-electron chi connectivity index (χ3n) is 3.00. The first-order valence-corrected chi connectivity index (χ1v) is 8.68. The van der Waals surface area contributed by atoms with Crippen molar-refractivity contribution in [1.29, 1.82) is 5.26 Å². The van der Waals surface area contributed by atoms with E-state index in [-0.39, 0.29) is 11.3 Å². The maximum absolute atomic E-state index is 12.3. The van der Waals surface area contributed by atoms with Gasteiger partial charge in [0.25, 0.3) is 0 Å². The van der Waals surface area contributed by atoms with E-state index >= 15 is 0 Å². The van der Waals surface area contributed by atoms with Gasteiger partial charge in [-0.2, -0.15) is 5.26 Å². The summed E-state index contributed by atoms with van der Waals surface area (Å²) in [6.45, 7) is 2.13. The maximum atomic E-state index is 12.3. The highest BCUT2D eigenvalue weighted by atomic mass is 32.2. The van der Waals surface area contributed by atoms with Gasteiger partial charge in [-0.15, -0.1) is 0 Å². The molecule has 0 saturated carbocycles. The lowest BCUT2D eigenvalue weighted by molar-refractivity contribution is -0.115. The number of aromatic nitrogens is 1. The number of nitrogens with zero attached hydrogens (tertiary/aromatic N) is 3. The van der Waals surface area contributed by atoms with Crippen molar-refractivity contribution in [3.63, 3.8) is 0 Å². The molecule has 1 heterocycles. The van der Waals surface area contributed by atoms with Crippen molar-refractivity contribution in [2.75, 3.05) is 18.9 Å². The van der Waals surface area contributed by atoms with Crippen LogP contribution >= 0.6 is 11.3 Å². The monoisotopic (exact) mass is 338 g/mol. The van der Waals surface area contributed by atoms with Gasteiger partial charge in [0, 0.05) is 13.6 Å². The number of hydrogen-bond donors (Lipinski definition) is 1. The highest BCUT2D eigenvalue weighted by Gasteiger charge is 2.20. The van der Waals surface area contributed by atoms with Crippen LogP contribution in [0.4, 0.5) is 5.13 Å². The van der Waals surface area contributed by atoms with Gasteiger partial charge in [0.1, 0.15) is 6.42 Å². The van der Waals surface area contributed by atoms with Crippen LogP contribution in [0.25, 0.3) is 10.2 Å². The summed E-state index contributed by atoms with van der Waals surface area (Å²) in [4.78, 5) is 15.7. The largest absolute Gasteiger partial charge is 0.301 e. The number of amides is 1. The minimum atomic E-state index is -3.52. The number of nitriles is 1. The molecule has 0 aliphatic rings. The molecule has 0 radical (unpaired) electrons. The van der Waals surface area contributed by atoms with E-state index in [1.54, 1.807) is 19.1 Å². The molecule has 9 heteroatoms. The number of anilines is 1. The van der Waals surface area contributed by atoms with Crippen LogP contribution in [-0.2, 0) is 14.8 Å². The predicted octanol–water partition coefficient (Wildman–Crippen LogP) is 1.79. The van der Waals surface area contributed by atoms with Gasteiger partial charge in [0.15, 0.2) is 5.13 Å².